The van der Waals surface area contributed by atoms with Crippen LogP contribution in [0.25, 0.3) is 22.3 Å². The average Bonchev–Trinajstić information content (AvgIpc) is 3.30. The monoisotopic (exact) mass is 348 g/mol. The number of aromatic nitrogens is 2. The van der Waals surface area contributed by atoms with Crippen LogP contribution in [0.15, 0.2) is 59.6 Å². The second kappa shape index (κ2) is 7.60. The average molecular weight is 348 g/mol. The number of benzene rings is 1. The van der Waals surface area contributed by atoms with E-state index in [-0.39, 0.29) is 11.5 Å². The number of nitrogens with zero attached hydrogens (tertiary/aromatic N) is 3. The van der Waals surface area contributed by atoms with Crippen molar-refractivity contribution in [3.8, 4) is 22.3 Å². The maximum atomic E-state index is 12.0. The third-order valence-corrected chi connectivity index (χ3v) is 4.40. The van der Waals surface area contributed by atoms with Crippen LogP contribution in [0.4, 0.5) is 0 Å². The molecule has 0 unspecified atom stereocenters. The maximum absolute atomic E-state index is 12.0. The van der Waals surface area contributed by atoms with Crippen molar-refractivity contribution in [1.82, 2.24) is 15.1 Å². The summed E-state index contributed by atoms with van der Waals surface area (Å²) < 4.78 is 1.76. The summed E-state index contributed by atoms with van der Waals surface area (Å²) in [5, 5.41) is 18.6. The van der Waals surface area contributed by atoms with E-state index in [0.717, 1.165) is 21.8 Å². The summed E-state index contributed by atoms with van der Waals surface area (Å²) in [5.74, 6) is -0.380. The highest BCUT2D eigenvalue weighted by Crippen LogP contribution is 2.29. The molecule has 25 heavy (non-hydrogen) atoms. The Morgan fingerprint density at radius 2 is 2.12 bits per heavy atom. The highest BCUT2D eigenvalue weighted by atomic mass is 32.1. The molecule has 3 rings (SSSR count). The zero-order valence-corrected chi connectivity index (χ0v) is 14.5. The molecule has 5 nitrogen and oxygen atoms in total. The normalized spacial score (nSPS) is 11.1. The summed E-state index contributed by atoms with van der Waals surface area (Å²) in [5.41, 5.74) is 2.45. The van der Waals surface area contributed by atoms with E-state index in [1.807, 2.05) is 67.0 Å². The lowest BCUT2D eigenvalue weighted by Gasteiger charge is -1.99. The van der Waals surface area contributed by atoms with Crippen LogP contribution in [0.3, 0.4) is 0 Å². The first kappa shape index (κ1) is 16.7. The molecular weight excluding hydrogens is 332 g/mol. The molecule has 0 bridgehead atoms. The SMILES string of the molecule is CCNC(=O)C(C#N)=Cc1cn(-c2ccccc2)nc1-c1cccs1. The fraction of sp³-hybridized carbons (Fsp3) is 0.105. The van der Waals surface area contributed by atoms with E-state index in [0.29, 0.717) is 6.54 Å². The smallest absolute Gasteiger partial charge is 0.261 e. The van der Waals surface area contributed by atoms with Gasteiger partial charge in [0.05, 0.1) is 10.6 Å². The molecule has 0 fully saturated rings. The second-order valence-corrected chi connectivity index (χ2v) is 6.17. The molecule has 0 saturated carbocycles. The van der Waals surface area contributed by atoms with Crippen molar-refractivity contribution in [2.75, 3.05) is 6.54 Å². The maximum Gasteiger partial charge on any atom is 0.261 e. The quantitative estimate of drug-likeness (QED) is 0.565. The van der Waals surface area contributed by atoms with Gasteiger partial charge in [0, 0.05) is 18.3 Å². The molecule has 2 heterocycles. The van der Waals surface area contributed by atoms with Crippen LogP contribution in [0, 0.1) is 11.3 Å². The molecule has 0 aliphatic heterocycles. The van der Waals surface area contributed by atoms with Gasteiger partial charge in [-0.3, -0.25) is 4.79 Å². The van der Waals surface area contributed by atoms with Crippen LogP contribution in [0.2, 0.25) is 0 Å². The van der Waals surface area contributed by atoms with E-state index < -0.39 is 0 Å². The molecule has 0 saturated heterocycles. The fourth-order valence-corrected chi connectivity index (χ4v) is 3.10. The minimum atomic E-state index is -0.380. The first-order valence-electron chi connectivity index (χ1n) is 7.82. The molecule has 1 amide bonds. The number of nitrogens with one attached hydrogen (secondary N) is 1. The fourth-order valence-electron chi connectivity index (χ4n) is 2.37. The van der Waals surface area contributed by atoms with Crippen LogP contribution in [0.5, 0.6) is 0 Å². The van der Waals surface area contributed by atoms with Crippen LogP contribution >= 0.6 is 11.3 Å². The van der Waals surface area contributed by atoms with Crippen molar-refractivity contribution in [3.05, 3.63) is 65.2 Å². The lowest BCUT2D eigenvalue weighted by Crippen LogP contribution is -2.23. The predicted molar refractivity (Wildman–Crippen MR) is 99.2 cm³/mol. The number of hydrogen-bond donors (Lipinski definition) is 1. The molecule has 0 radical (unpaired) electrons. The Bertz CT molecular complexity index is 934. The molecule has 0 aliphatic carbocycles. The number of likely N-dealkylation sites (N-methyl/N-ethyl adjacent to an activating group) is 1. The molecule has 3 aromatic rings. The van der Waals surface area contributed by atoms with E-state index in [1.54, 1.807) is 22.1 Å². The number of hydrogen-bond acceptors (Lipinski definition) is 4. The molecular formula is C19H16N4OS. The molecule has 1 N–H and O–H groups in total. The summed E-state index contributed by atoms with van der Waals surface area (Å²) >= 11 is 1.56. The first-order chi connectivity index (χ1) is 12.2. The summed E-state index contributed by atoms with van der Waals surface area (Å²) in [6.07, 6.45) is 3.42. The number of rotatable bonds is 5. The van der Waals surface area contributed by atoms with E-state index in [4.69, 9.17) is 0 Å². The number of nitriles is 1. The van der Waals surface area contributed by atoms with E-state index in [9.17, 15) is 10.1 Å². The van der Waals surface area contributed by atoms with Gasteiger partial charge >= 0.3 is 0 Å². The summed E-state index contributed by atoms with van der Waals surface area (Å²) in [6, 6.07) is 15.6. The molecule has 2 aromatic heterocycles. The first-order valence-corrected chi connectivity index (χ1v) is 8.70. The molecule has 6 heteroatoms. The van der Waals surface area contributed by atoms with Gasteiger partial charge < -0.3 is 5.32 Å². The van der Waals surface area contributed by atoms with Crippen molar-refractivity contribution in [2.24, 2.45) is 0 Å². The molecule has 0 aliphatic rings. The molecule has 0 atom stereocenters. The lowest BCUT2D eigenvalue weighted by atomic mass is 10.1. The van der Waals surface area contributed by atoms with E-state index >= 15 is 0 Å². The van der Waals surface area contributed by atoms with Gasteiger partial charge in [-0.2, -0.15) is 10.4 Å². The second-order valence-electron chi connectivity index (χ2n) is 5.22. The standard InChI is InChI=1S/C19H16N4OS/c1-2-21-19(24)14(12-20)11-15-13-23(16-7-4-3-5-8-16)22-18(15)17-9-6-10-25-17/h3-11,13H,2H2,1H3,(H,21,24). The van der Waals surface area contributed by atoms with Gasteiger partial charge in [0.2, 0.25) is 0 Å². The summed E-state index contributed by atoms with van der Waals surface area (Å²) in [4.78, 5) is 13.0. The topological polar surface area (TPSA) is 70.7 Å². The van der Waals surface area contributed by atoms with Gasteiger partial charge in [-0.05, 0) is 36.6 Å². The van der Waals surface area contributed by atoms with Gasteiger partial charge in [-0.15, -0.1) is 11.3 Å². The van der Waals surface area contributed by atoms with Crippen molar-refractivity contribution in [1.29, 1.82) is 5.26 Å². The third kappa shape index (κ3) is 3.67. The van der Waals surface area contributed by atoms with Crippen LogP contribution in [0.1, 0.15) is 12.5 Å². The Labute approximate surface area is 149 Å². The summed E-state index contributed by atoms with van der Waals surface area (Å²) in [7, 11) is 0. The number of para-hydroxylation sites is 1. The van der Waals surface area contributed by atoms with E-state index in [2.05, 4.69) is 10.4 Å². The van der Waals surface area contributed by atoms with E-state index in [1.165, 1.54) is 0 Å². The van der Waals surface area contributed by atoms with Gasteiger partial charge in [0.15, 0.2) is 0 Å². The lowest BCUT2D eigenvalue weighted by molar-refractivity contribution is -0.116. The van der Waals surface area contributed by atoms with Crippen molar-refractivity contribution in [3.63, 3.8) is 0 Å². The number of thiophene rings is 1. The number of carbonyl (C=O) groups is 1. The zero-order chi connectivity index (χ0) is 17.6. The highest BCUT2D eigenvalue weighted by molar-refractivity contribution is 7.13. The Hall–Kier alpha value is -3.17. The number of amides is 1. The predicted octanol–water partition coefficient (Wildman–Crippen LogP) is 3.64. The Kier molecular flexibility index (Phi) is 5.07. The Balaban J connectivity index is 2.10. The molecule has 124 valence electrons. The number of carbonyl (C=O) groups excluding carboxylic acids is 1. The van der Waals surface area contributed by atoms with Gasteiger partial charge in [-0.25, -0.2) is 4.68 Å². The van der Waals surface area contributed by atoms with Crippen molar-refractivity contribution < 1.29 is 4.79 Å². The molecule has 1 aromatic carbocycles. The minimum absolute atomic E-state index is 0.0623. The third-order valence-electron chi connectivity index (χ3n) is 3.52. The van der Waals surface area contributed by atoms with Gasteiger partial charge in [0.1, 0.15) is 17.3 Å². The Morgan fingerprint density at radius 1 is 1.32 bits per heavy atom. The zero-order valence-electron chi connectivity index (χ0n) is 13.6. The van der Waals surface area contributed by atoms with Crippen LogP contribution in [-0.4, -0.2) is 22.2 Å². The highest BCUT2D eigenvalue weighted by Gasteiger charge is 2.15. The van der Waals surface area contributed by atoms with Crippen molar-refractivity contribution in [2.45, 2.75) is 6.92 Å². The van der Waals surface area contributed by atoms with Crippen LogP contribution in [-0.2, 0) is 4.79 Å². The largest absolute Gasteiger partial charge is 0.352 e. The molecule has 0 spiro atoms. The van der Waals surface area contributed by atoms with Crippen molar-refractivity contribution >= 4 is 23.3 Å². The van der Waals surface area contributed by atoms with Crippen LogP contribution < -0.4 is 5.32 Å². The van der Waals surface area contributed by atoms with Gasteiger partial charge in [0.25, 0.3) is 5.91 Å². The Morgan fingerprint density at radius 3 is 2.76 bits per heavy atom. The summed E-state index contributed by atoms with van der Waals surface area (Å²) in [6.45, 7) is 2.29. The minimum Gasteiger partial charge on any atom is -0.352 e. The van der Waals surface area contributed by atoms with Gasteiger partial charge in [-0.1, -0.05) is 24.3 Å².